The highest BCUT2D eigenvalue weighted by Crippen LogP contribution is 2.44. The number of hydrogen-bond donors (Lipinski definition) is 0. The van der Waals surface area contributed by atoms with Crippen LogP contribution in [0.2, 0.25) is 0 Å². The van der Waals surface area contributed by atoms with Crippen LogP contribution in [0.1, 0.15) is 94.6 Å². The van der Waals surface area contributed by atoms with Gasteiger partial charge in [-0.25, -0.2) is 19.2 Å². The van der Waals surface area contributed by atoms with Crippen molar-refractivity contribution in [2.24, 2.45) is 22.1 Å². The Morgan fingerprint density at radius 2 is 0.667 bits per heavy atom. The molecule has 0 radical (unpaired) electrons. The molecule has 5 aliphatic heterocycles. The van der Waals surface area contributed by atoms with Crippen molar-refractivity contribution >= 4 is 23.9 Å². The van der Waals surface area contributed by atoms with Crippen LogP contribution in [-0.2, 0) is 144 Å². The van der Waals surface area contributed by atoms with Crippen molar-refractivity contribution in [1.29, 1.82) is 0 Å². The molecule has 10 unspecified atom stereocenters. The molecule has 123 heavy (non-hydrogen) atoms. The third-order valence-corrected chi connectivity index (χ3v) is 22.4. The molecule has 25 atom stereocenters. The minimum atomic E-state index is -1.87. The van der Waals surface area contributed by atoms with Crippen molar-refractivity contribution in [3.8, 4) is 0 Å². The minimum Gasteiger partial charge on any atom is -0.467 e. The molecule has 0 bridgehead atoms. The maximum atomic E-state index is 15.1. The van der Waals surface area contributed by atoms with Gasteiger partial charge in [0.2, 0.25) is 0 Å². The third-order valence-electron chi connectivity index (χ3n) is 22.4. The van der Waals surface area contributed by atoms with Crippen LogP contribution in [0.25, 0.3) is 20.9 Å². The molecule has 30 nitrogen and oxygen atoms in total. The summed E-state index contributed by atoms with van der Waals surface area (Å²) in [5.74, 6) is -5.12. The molecule has 30 heteroatoms. The van der Waals surface area contributed by atoms with Crippen molar-refractivity contribution in [2.45, 2.75) is 221 Å². The van der Waals surface area contributed by atoms with Crippen molar-refractivity contribution in [1.82, 2.24) is 0 Å². The number of esters is 4. The maximum absolute atomic E-state index is 15.1. The smallest absolute Gasteiger partial charge is 0.338 e. The summed E-state index contributed by atoms with van der Waals surface area (Å²) in [6, 6.07) is 69.9. The summed E-state index contributed by atoms with van der Waals surface area (Å²) in [5.41, 5.74) is 26.3. The Kier molecular flexibility index (Phi) is 33.3. The van der Waals surface area contributed by atoms with Gasteiger partial charge in [0.1, 0.15) is 67.6 Å². The van der Waals surface area contributed by atoms with E-state index in [2.05, 4.69) is 20.1 Å². The molecule has 13 rings (SSSR count). The van der Waals surface area contributed by atoms with Gasteiger partial charge in [-0.2, -0.15) is 0 Å². The van der Waals surface area contributed by atoms with Gasteiger partial charge in [-0.15, -0.1) is 0 Å². The maximum Gasteiger partial charge on any atom is 0.338 e. The molecule has 5 heterocycles. The number of rotatable bonds is 38. The molecule has 5 aliphatic rings. The van der Waals surface area contributed by atoms with Gasteiger partial charge in [0.15, 0.2) is 49.8 Å². The zero-order valence-electron chi connectivity index (χ0n) is 69.4. The second kappa shape index (κ2) is 45.3. The van der Waals surface area contributed by atoms with E-state index < -0.39 is 184 Å². The van der Waals surface area contributed by atoms with Gasteiger partial charge in [-0.05, 0) is 87.5 Å². The first-order valence-electron chi connectivity index (χ1n) is 41.3. The fraction of sp³-hybridized carbons (Fsp3) is 0.441. The molecule has 0 aliphatic carbocycles. The first kappa shape index (κ1) is 90.3. The second-order valence-electron chi connectivity index (χ2n) is 30.4. The predicted octanol–water partition coefficient (Wildman–Crippen LogP) is 14.2. The Hall–Kier alpha value is -10.4. The molecule has 8 aromatic carbocycles. The van der Waals surface area contributed by atoms with Gasteiger partial charge in [0.25, 0.3) is 0 Å². The molecule has 5 saturated heterocycles. The van der Waals surface area contributed by atoms with Crippen LogP contribution in [0.5, 0.6) is 0 Å². The van der Waals surface area contributed by atoms with Gasteiger partial charge < -0.3 is 94.7 Å². The average Bonchev–Trinajstić information content (AvgIpc) is 0.757. The molecular weight excluding hydrogens is 1590 g/mol. The molecular formula is C93H104N6O24. The van der Waals surface area contributed by atoms with Gasteiger partial charge >= 0.3 is 23.9 Å². The average molecular weight is 1690 g/mol. The van der Waals surface area contributed by atoms with E-state index >= 15 is 14.4 Å². The number of carbonyl (C=O) groups excluding carboxylic acids is 4. The monoisotopic (exact) mass is 1690 g/mol. The Morgan fingerprint density at radius 1 is 0.333 bits per heavy atom. The van der Waals surface area contributed by atoms with Gasteiger partial charge in [0.05, 0.1) is 95.4 Å². The van der Waals surface area contributed by atoms with E-state index in [0.717, 1.165) is 29.4 Å². The van der Waals surface area contributed by atoms with E-state index in [0.29, 0.717) is 17.5 Å². The molecule has 8 aromatic rings. The summed E-state index contributed by atoms with van der Waals surface area (Å²) in [7, 11) is 3.80. The van der Waals surface area contributed by atoms with Crippen molar-refractivity contribution in [3.63, 3.8) is 0 Å². The lowest BCUT2D eigenvalue weighted by molar-refractivity contribution is -0.379. The lowest BCUT2D eigenvalue weighted by Gasteiger charge is -2.51. The van der Waals surface area contributed by atoms with E-state index in [1.165, 1.54) is 14.2 Å². The number of carbonyl (C=O) groups is 4. The predicted molar refractivity (Wildman–Crippen MR) is 441 cm³/mol. The Balaban J connectivity index is 0.862. The lowest BCUT2D eigenvalue weighted by Crippen LogP contribution is -2.68. The summed E-state index contributed by atoms with van der Waals surface area (Å²) in [6.45, 7) is 6.74. The molecule has 0 N–H and O–H groups in total. The first-order valence-corrected chi connectivity index (χ1v) is 41.3. The number of nitrogens with zero attached hydrogens (tertiary/aromatic N) is 6. The number of hydrogen-bond acceptors (Lipinski definition) is 26. The van der Waals surface area contributed by atoms with Crippen molar-refractivity contribution < 1.29 is 114 Å². The van der Waals surface area contributed by atoms with Crippen LogP contribution in [0.15, 0.2) is 253 Å². The highest BCUT2D eigenvalue weighted by atomic mass is 16.8. The summed E-state index contributed by atoms with van der Waals surface area (Å²) in [5, 5.41) is 8.73. The Labute approximate surface area is 713 Å². The van der Waals surface area contributed by atoms with Crippen molar-refractivity contribution in [3.05, 3.63) is 308 Å². The minimum absolute atomic E-state index is 0.0444. The third kappa shape index (κ3) is 23.2. The molecule has 0 spiro atoms. The Morgan fingerprint density at radius 3 is 1.08 bits per heavy atom. The van der Waals surface area contributed by atoms with Crippen LogP contribution in [0, 0.1) is 11.8 Å². The molecule has 650 valence electrons. The lowest BCUT2D eigenvalue weighted by atomic mass is 9.87. The highest BCUT2D eigenvalue weighted by Gasteiger charge is 2.61. The number of azide groups is 2. The standard InChI is InChI=1S/C93H104N6O24/c1-8-67-72(118-92-83(112-55-64-44-28-15-29-45-64)77(110-53-62-40-24-13-25-41-62)79(81(122-92)87(102)104-5)121-91-71(97-99-95)76(109-52-61-38-22-12-23-39-61)74(68(9-2)115-91)108-51-60-36-20-11-21-37-60)57(3)70(96-98-94)90(114-67)120-80-78(111-54-63-42-26-14-27-43-63)84(117-86(101)66-48-32-17-33-49-66)93(123-82(80)88(103)105-6)119-75-69(56-113-85(100)65-46-30-16-31-47-65)116-89(106-7)58(4)73(75)107-50-59-34-18-10-19-35-59/h10-49,57-58,67-84,89-93H,8-9,50-56H2,1-7H3/t57-,58?,67?,68?,69?,70?,71?,72+,73+,74+,75-,76+,77-,78+,79+,80-,81?,82?,83?,84?,89+,90+,91-,92-,93-/m1/s1. The summed E-state index contributed by atoms with van der Waals surface area (Å²) >= 11 is 0. The number of benzene rings is 8. The van der Waals surface area contributed by atoms with E-state index in [1.54, 1.807) is 79.7 Å². The molecule has 0 aromatic heterocycles. The normalized spacial score (nSPS) is 30.0. The quantitative estimate of drug-likeness (QED) is 0.0114. The number of methoxy groups -OCH3 is 3. The van der Waals surface area contributed by atoms with Crippen LogP contribution in [0.4, 0.5) is 0 Å². The van der Waals surface area contributed by atoms with Crippen LogP contribution < -0.4 is 0 Å². The zero-order chi connectivity index (χ0) is 86.0. The van der Waals surface area contributed by atoms with Gasteiger partial charge in [-0.1, -0.05) is 256 Å². The second-order valence-corrected chi connectivity index (χ2v) is 30.4. The fourth-order valence-corrected chi connectivity index (χ4v) is 16.0. The molecule has 5 fully saturated rings. The van der Waals surface area contributed by atoms with E-state index in [9.17, 15) is 15.9 Å². The highest BCUT2D eigenvalue weighted by molar-refractivity contribution is 5.90. The van der Waals surface area contributed by atoms with Crippen LogP contribution in [-0.4, -0.2) is 193 Å². The Bertz CT molecular complexity index is 4680. The van der Waals surface area contributed by atoms with Gasteiger partial charge in [-0.3, -0.25) is 0 Å². The fourth-order valence-electron chi connectivity index (χ4n) is 16.0. The summed E-state index contributed by atoms with van der Waals surface area (Å²) in [4.78, 5) is 65.8. The first-order chi connectivity index (χ1) is 60.2. The molecule has 0 saturated carbocycles. The zero-order valence-corrected chi connectivity index (χ0v) is 69.4. The molecule has 0 amide bonds. The van der Waals surface area contributed by atoms with Crippen LogP contribution in [0.3, 0.4) is 0 Å². The number of ether oxygens (including phenoxy) is 20. The SMILES string of the molecule is CCC1O[C@@H](O[C@H]2C(C(=O)OC)O[C@@H](O[C@@H]3C(COC(=O)c4ccccc4)O[C@H](OC)C(C)[C@@H]3OCc3ccccc3)C(OC(=O)c3ccccc3)[C@H]2OCc2ccccc2)C(N=[N+]=[N-])[C@@H](C)[C@@H]1O[C@@H]1OC(C(=O)OC)[C@@H](O[C@H]2OC(CC)[C@H](OCc3ccccc3)[C@@H](OCc3ccccc3)C2N=[N+]=[N-])[C@@H](OCc2ccccc2)C1OCc1ccccc1. The summed E-state index contributed by atoms with van der Waals surface area (Å²) < 4.78 is 135. The van der Waals surface area contributed by atoms with Gasteiger partial charge in [0, 0.05) is 22.9 Å². The van der Waals surface area contributed by atoms with E-state index in [-0.39, 0.29) is 57.2 Å². The largest absolute Gasteiger partial charge is 0.467 e. The topological polar surface area (TPSA) is 350 Å². The van der Waals surface area contributed by atoms with E-state index in [1.807, 2.05) is 191 Å². The van der Waals surface area contributed by atoms with Crippen LogP contribution >= 0.6 is 0 Å². The van der Waals surface area contributed by atoms with Crippen molar-refractivity contribution in [2.75, 3.05) is 27.9 Å². The van der Waals surface area contributed by atoms with E-state index in [4.69, 9.17) is 94.7 Å². The summed E-state index contributed by atoms with van der Waals surface area (Å²) in [6.07, 6.45) is -28.4.